The number of rotatable bonds is 5. The van der Waals surface area contributed by atoms with Crippen molar-refractivity contribution in [2.24, 2.45) is 0 Å². The van der Waals surface area contributed by atoms with E-state index < -0.39 is 11.6 Å². The van der Waals surface area contributed by atoms with Gasteiger partial charge in [-0.15, -0.1) is 0 Å². The zero-order valence-electron chi connectivity index (χ0n) is 13.5. The quantitative estimate of drug-likeness (QED) is 0.773. The van der Waals surface area contributed by atoms with Gasteiger partial charge in [0.2, 0.25) is 0 Å². The third-order valence-corrected chi connectivity index (χ3v) is 3.59. The molecule has 1 N–H and O–H groups in total. The summed E-state index contributed by atoms with van der Waals surface area (Å²) in [5.74, 6) is -1.19. The Morgan fingerprint density at radius 1 is 1.12 bits per heavy atom. The van der Waals surface area contributed by atoms with E-state index in [0.717, 1.165) is 11.6 Å². The molecule has 0 atom stereocenters. The molecule has 0 saturated carbocycles. The average Bonchev–Trinajstić information content (AvgIpc) is 3.05. The van der Waals surface area contributed by atoms with Crippen molar-refractivity contribution in [2.75, 3.05) is 5.32 Å². The number of benzene rings is 1. The first-order valence-corrected chi connectivity index (χ1v) is 7.78. The van der Waals surface area contributed by atoms with Gasteiger partial charge in [0.1, 0.15) is 17.5 Å². The van der Waals surface area contributed by atoms with E-state index in [2.05, 4.69) is 15.4 Å². The summed E-state index contributed by atoms with van der Waals surface area (Å²) in [6.45, 7) is 2.61. The fourth-order valence-electron chi connectivity index (χ4n) is 2.39. The number of amides is 1. The topological polar surface area (TPSA) is 59.8 Å². The number of anilines is 1. The Morgan fingerprint density at radius 2 is 1.88 bits per heavy atom. The van der Waals surface area contributed by atoms with Crippen molar-refractivity contribution in [1.82, 2.24) is 14.8 Å². The summed E-state index contributed by atoms with van der Waals surface area (Å²) in [5, 5.41) is 6.78. The second-order valence-corrected chi connectivity index (χ2v) is 5.52. The van der Waals surface area contributed by atoms with Gasteiger partial charge in [0.05, 0.1) is 0 Å². The molecule has 0 aliphatic carbocycles. The molecule has 2 heterocycles. The van der Waals surface area contributed by atoms with E-state index >= 15 is 0 Å². The smallest absolute Gasteiger partial charge is 0.277 e. The third-order valence-electron chi connectivity index (χ3n) is 3.59. The maximum absolute atomic E-state index is 13.2. The fraction of sp³-hybridized carbons (Fsp3) is 0.167. The van der Waals surface area contributed by atoms with Crippen LogP contribution in [-0.2, 0) is 13.0 Å². The second kappa shape index (κ2) is 7.21. The number of pyridine rings is 1. The van der Waals surface area contributed by atoms with Crippen molar-refractivity contribution in [3.05, 3.63) is 77.2 Å². The molecule has 2 aromatic heterocycles. The van der Waals surface area contributed by atoms with Crippen molar-refractivity contribution >= 4 is 11.7 Å². The van der Waals surface area contributed by atoms with Gasteiger partial charge in [-0.2, -0.15) is 5.10 Å². The number of nitrogens with zero attached hydrogens (tertiary/aromatic N) is 3. The summed E-state index contributed by atoms with van der Waals surface area (Å²) < 4.78 is 28.1. The molecule has 0 unspecified atom stereocenters. The van der Waals surface area contributed by atoms with Gasteiger partial charge in [0.25, 0.3) is 5.91 Å². The molecule has 0 aliphatic heterocycles. The molecule has 128 valence electrons. The van der Waals surface area contributed by atoms with Crippen molar-refractivity contribution in [2.45, 2.75) is 19.9 Å². The Bertz CT molecular complexity index is 870. The SMILES string of the molecule is CCn1ccc(C(=O)Nc2ccc(Cc3cc(F)cc(F)c3)cn2)n1. The number of hydrogen-bond acceptors (Lipinski definition) is 3. The molecule has 5 nitrogen and oxygen atoms in total. The number of hydrogen-bond donors (Lipinski definition) is 1. The highest BCUT2D eigenvalue weighted by molar-refractivity contribution is 6.02. The van der Waals surface area contributed by atoms with Crippen LogP contribution in [0, 0.1) is 11.6 Å². The van der Waals surface area contributed by atoms with E-state index in [1.807, 2.05) is 6.92 Å². The van der Waals surface area contributed by atoms with Crippen LogP contribution in [0.25, 0.3) is 0 Å². The summed E-state index contributed by atoms with van der Waals surface area (Å²) in [4.78, 5) is 16.2. The molecule has 3 aromatic rings. The third kappa shape index (κ3) is 4.26. The Morgan fingerprint density at radius 3 is 2.48 bits per heavy atom. The largest absolute Gasteiger partial charge is 0.305 e. The molecular weight excluding hydrogens is 326 g/mol. The van der Waals surface area contributed by atoms with Crippen molar-refractivity contribution < 1.29 is 13.6 Å². The number of aromatic nitrogens is 3. The normalized spacial score (nSPS) is 10.7. The molecule has 0 spiro atoms. The number of nitrogens with one attached hydrogen (secondary N) is 1. The predicted molar refractivity (Wildman–Crippen MR) is 89.3 cm³/mol. The minimum absolute atomic E-state index is 0.308. The Kier molecular flexibility index (Phi) is 4.83. The molecule has 7 heteroatoms. The maximum atomic E-state index is 13.2. The molecule has 0 radical (unpaired) electrons. The van der Waals surface area contributed by atoms with Crippen LogP contribution >= 0.6 is 0 Å². The van der Waals surface area contributed by atoms with Crippen LogP contribution in [0.15, 0.2) is 48.8 Å². The lowest BCUT2D eigenvalue weighted by Crippen LogP contribution is -2.14. The van der Waals surface area contributed by atoms with Gasteiger partial charge < -0.3 is 5.32 Å². The van der Waals surface area contributed by atoms with Gasteiger partial charge >= 0.3 is 0 Å². The monoisotopic (exact) mass is 342 g/mol. The van der Waals surface area contributed by atoms with Gasteiger partial charge in [-0.3, -0.25) is 9.48 Å². The lowest BCUT2D eigenvalue weighted by Gasteiger charge is -2.05. The van der Waals surface area contributed by atoms with E-state index in [-0.39, 0.29) is 5.91 Å². The van der Waals surface area contributed by atoms with E-state index in [1.165, 1.54) is 12.1 Å². The number of carbonyl (C=O) groups excluding carboxylic acids is 1. The van der Waals surface area contributed by atoms with Crippen molar-refractivity contribution in [3.8, 4) is 0 Å². The van der Waals surface area contributed by atoms with Gasteiger partial charge in [-0.05, 0) is 48.7 Å². The van der Waals surface area contributed by atoms with Crippen LogP contribution in [0.4, 0.5) is 14.6 Å². The van der Waals surface area contributed by atoms with E-state index in [9.17, 15) is 13.6 Å². The number of halogens is 2. The molecule has 3 rings (SSSR count). The zero-order chi connectivity index (χ0) is 17.8. The van der Waals surface area contributed by atoms with Crippen molar-refractivity contribution in [1.29, 1.82) is 0 Å². The molecular formula is C18H16F2N4O. The Labute approximate surface area is 143 Å². The van der Waals surface area contributed by atoms with Crippen LogP contribution in [0.1, 0.15) is 28.5 Å². The summed E-state index contributed by atoms with van der Waals surface area (Å²) in [7, 11) is 0. The lowest BCUT2D eigenvalue weighted by atomic mass is 10.1. The molecule has 0 saturated heterocycles. The Hall–Kier alpha value is -3.09. The van der Waals surface area contributed by atoms with Crippen LogP contribution in [0.2, 0.25) is 0 Å². The van der Waals surface area contributed by atoms with Gasteiger partial charge in [0, 0.05) is 25.0 Å². The predicted octanol–water partition coefficient (Wildman–Crippen LogP) is 3.42. The van der Waals surface area contributed by atoms with E-state index in [0.29, 0.717) is 30.0 Å². The lowest BCUT2D eigenvalue weighted by molar-refractivity contribution is 0.102. The molecule has 1 amide bonds. The highest BCUT2D eigenvalue weighted by Gasteiger charge is 2.10. The number of carbonyl (C=O) groups is 1. The van der Waals surface area contributed by atoms with Crippen molar-refractivity contribution in [3.63, 3.8) is 0 Å². The molecule has 1 aromatic carbocycles. The summed E-state index contributed by atoms with van der Waals surface area (Å²) in [6.07, 6.45) is 3.63. The van der Waals surface area contributed by atoms with Crippen LogP contribution in [0.3, 0.4) is 0 Å². The van der Waals surface area contributed by atoms with E-state index in [1.54, 1.807) is 35.3 Å². The molecule has 0 bridgehead atoms. The zero-order valence-corrected chi connectivity index (χ0v) is 13.5. The first-order chi connectivity index (χ1) is 12.0. The molecule has 0 aliphatic rings. The van der Waals surface area contributed by atoms with Crippen LogP contribution in [0.5, 0.6) is 0 Å². The van der Waals surface area contributed by atoms with Gasteiger partial charge in [-0.1, -0.05) is 6.07 Å². The highest BCUT2D eigenvalue weighted by atomic mass is 19.1. The van der Waals surface area contributed by atoms with Gasteiger partial charge in [-0.25, -0.2) is 13.8 Å². The van der Waals surface area contributed by atoms with Crippen LogP contribution in [-0.4, -0.2) is 20.7 Å². The average molecular weight is 342 g/mol. The first kappa shape index (κ1) is 16.8. The minimum atomic E-state index is -0.613. The first-order valence-electron chi connectivity index (χ1n) is 7.78. The second-order valence-electron chi connectivity index (χ2n) is 5.52. The highest BCUT2D eigenvalue weighted by Crippen LogP contribution is 2.14. The summed E-state index contributed by atoms with van der Waals surface area (Å²) in [6, 6.07) is 8.41. The van der Waals surface area contributed by atoms with E-state index in [4.69, 9.17) is 0 Å². The molecule has 0 fully saturated rings. The van der Waals surface area contributed by atoms with Crippen LogP contribution < -0.4 is 5.32 Å². The Balaban J connectivity index is 1.66. The summed E-state index contributed by atoms with van der Waals surface area (Å²) in [5.41, 5.74) is 1.60. The molecule has 25 heavy (non-hydrogen) atoms. The maximum Gasteiger partial charge on any atom is 0.277 e. The standard InChI is InChI=1S/C18H16F2N4O/c1-2-24-6-5-16(23-24)18(25)22-17-4-3-12(11-21-17)7-13-8-14(19)10-15(20)9-13/h3-6,8-11H,2,7H2,1H3,(H,21,22,25). The minimum Gasteiger partial charge on any atom is -0.305 e. The number of aryl methyl sites for hydroxylation is 1. The summed E-state index contributed by atoms with van der Waals surface area (Å²) >= 11 is 0. The fourth-order valence-corrected chi connectivity index (χ4v) is 2.39. The van der Waals surface area contributed by atoms with Gasteiger partial charge in [0.15, 0.2) is 5.69 Å².